The van der Waals surface area contributed by atoms with Crippen molar-refractivity contribution in [2.45, 2.75) is 38.0 Å². The molecular formula is C17H19N5O7S2. The second-order valence-electron chi connectivity index (χ2n) is 6.39. The first kappa shape index (κ1) is 22.6. The maximum atomic E-state index is 12.9. The molecule has 12 nitrogen and oxygen atoms in total. The predicted octanol–water partition coefficient (Wildman–Crippen LogP) is 0.114. The van der Waals surface area contributed by atoms with E-state index < -0.39 is 35.5 Å². The summed E-state index contributed by atoms with van der Waals surface area (Å²) in [7, 11) is 0. The molecule has 1 aromatic heterocycles. The summed E-state index contributed by atoms with van der Waals surface area (Å²) in [6.07, 6.45) is -0.565. The lowest BCUT2D eigenvalue weighted by Crippen LogP contribution is -2.71. The Kier molecular flexibility index (Phi) is 6.80. The van der Waals surface area contributed by atoms with Crippen molar-refractivity contribution in [1.82, 2.24) is 15.2 Å². The molecule has 2 aliphatic heterocycles. The highest BCUT2D eigenvalue weighted by molar-refractivity contribution is 8.00. The predicted molar refractivity (Wildman–Crippen MR) is 111 cm³/mol. The Morgan fingerprint density at radius 2 is 2.29 bits per heavy atom. The van der Waals surface area contributed by atoms with Crippen molar-refractivity contribution in [3.05, 3.63) is 22.3 Å². The van der Waals surface area contributed by atoms with Crippen LogP contribution in [0.4, 0.5) is 5.13 Å². The summed E-state index contributed by atoms with van der Waals surface area (Å²) in [4.78, 5) is 57.7. The lowest BCUT2D eigenvalue weighted by molar-refractivity contribution is -0.159. The smallest absolute Gasteiger partial charge is 0.352 e. The number of anilines is 1. The molecule has 0 saturated carbocycles. The van der Waals surface area contributed by atoms with Crippen molar-refractivity contribution in [3.63, 3.8) is 0 Å². The van der Waals surface area contributed by atoms with E-state index in [9.17, 15) is 24.3 Å². The standard InChI is InChI=1S/C17H19N5O7S2/c1-3-8-4-30-15-11(14(25)22(15)12(8)16(26)27)20-13(24)10(9-5-31-17(18)19-9)21-29-7(2)28-6-23/h5-7,11,15H,3-4H2,1-2H3,(H2,18,19)(H,20,24)(H,26,27)/b21-10-/t7-,11-,15-/m1/s1. The molecule has 14 heteroatoms. The molecular weight excluding hydrogens is 450 g/mol. The van der Waals surface area contributed by atoms with Crippen molar-refractivity contribution in [2.24, 2.45) is 5.16 Å². The van der Waals surface area contributed by atoms with Gasteiger partial charge in [-0.3, -0.25) is 19.3 Å². The van der Waals surface area contributed by atoms with E-state index in [1.165, 1.54) is 29.0 Å². The van der Waals surface area contributed by atoms with Gasteiger partial charge < -0.3 is 25.7 Å². The second kappa shape index (κ2) is 9.34. The van der Waals surface area contributed by atoms with Crippen LogP contribution in [0.2, 0.25) is 0 Å². The van der Waals surface area contributed by atoms with Crippen LogP contribution in [0.3, 0.4) is 0 Å². The normalized spacial score (nSPS) is 21.7. The highest BCUT2D eigenvalue weighted by Gasteiger charge is 2.54. The minimum absolute atomic E-state index is 0.0360. The summed E-state index contributed by atoms with van der Waals surface area (Å²) in [6, 6.07) is -0.949. The van der Waals surface area contributed by atoms with E-state index in [0.717, 1.165) is 11.3 Å². The third kappa shape index (κ3) is 4.49. The Bertz CT molecular complexity index is 976. The Hall–Kier alpha value is -3.13. The Morgan fingerprint density at radius 3 is 2.87 bits per heavy atom. The first-order chi connectivity index (χ1) is 14.8. The molecule has 1 aromatic rings. The van der Waals surface area contributed by atoms with E-state index in [1.54, 1.807) is 0 Å². The summed E-state index contributed by atoms with van der Waals surface area (Å²) < 4.78 is 4.56. The third-order valence-electron chi connectivity index (χ3n) is 4.48. The number of aliphatic carboxylic acids is 1. The number of thiazole rings is 1. The topological polar surface area (TPSA) is 174 Å². The highest BCUT2D eigenvalue weighted by Crippen LogP contribution is 2.41. The highest BCUT2D eigenvalue weighted by atomic mass is 32.2. The van der Waals surface area contributed by atoms with Gasteiger partial charge in [-0.2, -0.15) is 0 Å². The summed E-state index contributed by atoms with van der Waals surface area (Å²) >= 11 is 2.43. The van der Waals surface area contributed by atoms with Crippen LogP contribution >= 0.6 is 23.1 Å². The van der Waals surface area contributed by atoms with E-state index in [2.05, 4.69) is 20.2 Å². The quantitative estimate of drug-likeness (QED) is 0.148. The lowest BCUT2D eigenvalue weighted by Gasteiger charge is -2.49. The van der Waals surface area contributed by atoms with Gasteiger partial charge in [-0.1, -0.05) is 12.1 Å². The fourth-order valence-corrected chi connectivity index (χ4v) is 4.99. The number of amides is 2. The van der Waals surface area contributed by atoms with Crippen molar-refractivity contribution in [1.29, 1.82) is 0 Å². The van der Waals surface area contributed by atoms with Crippen LogP contribution in [0.1, 0.15) is 26.0 Å². The van der Waals surface area contributed by atoms with Gasteiger partial charge in [-0.05, 0) is 12.0 Å². The van der Waals surface area contributed by atoms with Crippen LogP contribution in [0.15, 0.2) is 21.8 Å². The summed E-state index contributed by atoms with van der Waals surface area (Å²) in [5, 5.41) is 16.9. The molecule has 3 rings (SSSR count). The number of thioether (sulfide) groups is 1. The number of hydrogen-bond donors (Lipinski definition) is 3. The maximum absolute atomic E-state index is 12.9. The van der Waals surface area contributed by atoms with Gasteiger partial charge in [0.1, 0.15) is 22.8 Å². The minimum atomic E-state index is -1.18. The minimum Gasteiger partial charge on any atom is -0.477 e. The number of nitrogens with zero attached hydrogens (tertiary/aromatic N) is 3. The third-order valence-corrected chi connectivity index (χ3v) is 6.50. The number of carboxylic acid groups (broad SMARTS) is 1. The lowest BCUT2D eigenvalue weighted by atomic mass is 10.0. The zero-order chi connectivity index (χ0) is 22.7. The number of rotatable bonds is 9. The fraction of sp³-hybridized carbons (Fsp3) is 0.412. The molecule has 3 atom stereocenters. The molecule has 2 aliphatic rings. The molecule has 3 heterocycles. The zero-order valence-electron chi connectivity index (χ0n) is 16.4. The molecule has 0 aromatic carbocycles. The summed E-state index contributed by atoms with van der Waals surface area (Å²) in [6.45, 7) is 3.38. The van der Waals surface area contributed by atoms with Crippen molar-refractivity contribution in [2.75, 3.05) is 11.5 Å². The van der Waals surface area contributed by atoms with E-state index in [-0.39, 0.29) is 28.7 Å². The van der Waals surface area contributed by atoms with Crippen LogP contribution in [0, 0.1) is 0 Å². The van der Waals surface area contributed by atoms with Gasteiger partial charge in [0.2, 0.25) is 0 Å². The maximum Gasteiger partial charge on any atom is 0.352 e. The van der Waals surface area contributed by atoms with Gasteiger partial charge in [-0.25, -0.2) is 9.78 Å². The van der Waals surface area contributed by atoms with E-state index in [1.807, 2.05) is 6.92 Å². The van der Waals surface area contributed by atoms with Crippen LogP contribution in [0.5, 0.6) is 0 Å². The van der Waals surface area contributed by atoms with Crippen molar-refractivity contribution in [3.8, 4) is 0 Å². The molecule has 4 N–H and O–H groups in total. The Morgan fingerprint density at radius 1 is 1.55 bits per heavy atom. The van der Waals surface area contributed by atoms with E-state index >= 15 is 0 Å². The molecule has 1 saturated heterocycles. The van der Waals surface area contributed by atoms with Crippen LogP contribution < -0.4 is 11.1 Å². The van der Waals surface area contributed by atoms with Gasteiger partial charge in [0.25, 0.3) is 24.6 Å². The van der Waals surface area contributed by atoms with E-state index in [0.29, 0.717) is 17.7 Å². The molecule has 1 fully saturated rings. The average molecular weight is 470 g/mol. The molecule has 0 radical (unpaired) electrons. The van der Waals surface area contributed by atoms with Crippen LogP contribution in [0.25, 0.3) is 0 Å². The number of fused-ring (bicyclic) bond motifs is 1. The van der Waals surface area contributed by atoms with Crippen LogP contribution in [-0.2, 0) is 28.8 Å². The van der Waals surface area contributed by atoms with E-state index in [4.69, 9.17) is 10.6 Å². The Labute approximate surface area is 184 Å². The zero-order valence-corrected chi connectivity index (χ0v) is 18.1. The van der Waals surface area contributed by atoms with Crippen molar-refractivity contribution < 1.29 is 33.9 Å². The monoisotopic (exact) mass is 469 g/mol. The number of nitrogens with one attached hydrogen (secondary N) is 1. The number of oxime groups is 1. The number of aromatic nitrogens is 1. The molecule has 2 amide bonds. The summed E-state index contributed by atoms with van der Waals surface area (Å²) in [5.41, 5.74) is 6.08. The largest absolute Gasteiger partial charge is 0.477 e. The SMILES string of the molecule is CCC1=C(C(=O)O)N2C(=O)[C@@H](NC(=O)/C(=N\O[C@H](C)OC=O)c3csc(N)n3)[C@H]2SC1. The number of carbonyl (C=O) groups excluding carboxylic acids is 3. The molecule has 31 heavy (non-hydrogen) atoms. The molecule has 0 bridgehead atoms. The van der Waals surface area contributed by atoms with Gasteiger partial charge in [0.05, 0.1) is 0 Å². The molecule has 0 unspecified atom stereocenters. The number of β-lactam (4-membered cyclic amide) rings is 1. The molecule has 0 spiro atoms. The Balaban J connectivity index is 1.79. The van der Waals surface area contributed by atoms with Crippen LogP contribution in [-0.4, -0.2) is 68.4 Å². The number of hydrogen-bond acceptors (Lipinski definition) is 11. The number of carboxylic acids is 1. The van der Waals surface area contributed by atoms with Crippen molar-refractivity contribution >= 4 is 58.2 Å². The fourth-order valence-electron chi connectivity index (χ4n) is 2.99. The second-order valence-corrected chi connectivity index (χ2v) is 8.38. The first-order valence-electron chi connectivity index (χ1n) is 9.03. The first-order valence-corrected chi connectivity index (χ1v) is 11.0. The van der Waals surface area contributed by atoms with Gasteiger partial charge >= 0.3 is 5.97 Å². The van der Waals surface area contributed by atoms with Gasteiger partial charge in [-0.15, -0.1) is 23.1 Å². The number of carbonyl (C=O) groups is 4. The molecule has 166 valence electrons. The molecule has 0 aliphatic carbocycles. The number of nitrogens with two attached hydrogens (primary N) is 1. The van der Waals surface area contributed by atoms with Gasteiger partial charge in [0, 0.05) is 18.1 Å². The van der Waals surface area contributed by atoms with Gasteiger partial charge in [0.15, 0.2) is 10.8 Å². The summed E-state index contributed by atoms with van der Waals surface area (Å²) in [5.74, 6) is -2.06. The number of ether oxygens (including phenoxy) is 1. The average Bonchev–Trinajstić information content (AvgIpc) is 3.16. The number of nitrogen functional groups attached to an aromatic ring is 1.